The topological polar surface area (TPSA) is 55.5 Å². The van der Waals surface area contributed by atoms with Gasteiger partial charge in [-0.15, -0.1) is 0 Å². The van der Waals surface area contributed by atoms with E-state index < -0.39 is 5.54 Å². The molecule has 0 saturated carbocycles. The molecule has 0 aliphatic heterocycles. The Hall–Kier alpha value is -1.06. The molecule has 1 unspecified atom stereocenters. The van der Waals surface area contributed by atoms with Crippen LogP contribution in [-0.2, 0) is 0 Å². The highest BCUT2D eigenvalue weighted by Gasteiger charge is 2.17. The summed E-state index contributed by atoms with van der Waals surface area (Å²) in [6.45, 7) is 8.50. The fourth-order valence-corrected chi connectivity index (χ4v) is 1.61. The van der Waals surface area contributed by atoms with Gasteiger partial charge >= 0.3 is 0 Å². The highest BCUT2D eigenvalue weighted by Crippen LogP contribution is 2.26. The first kappa shape index (κ1) is 14.0. The van der Waals surface area contributed by atoms with Crippen molar-refractivity contribution in [2.75, 3.05) is 13.2 Å². The first-order chi connectivity index (χ1) is 7.87. The van der Waals surface area contributed by atoms with E-state index in [1.54, 1.807) is 0 Å². The Morgan fingerprint density at radius 1 is 1.24 bits per heavy atom. The predicted octanol–water partition coefficient (Wildman–Crippen LogP) is 2.09. The molecule has 0 aromatic heterocycles. The zero-order chi connectivity index (χ0) is 13.1. The van der Waals surface area contributed by atoms with E-state index in [0.717, 1.165) is 11.3 Å². The Bertz CT molecular complexity index is 386. The van der Waals surface area contributed by atoms with Crippen molar-refractivity contribution < 1.29 is 9.84 Å². The number of hydrogen-bond donors (Lipinski definition) is 2. The Balaban J connectivity index is 2.67. The zero-order valence-electron chi connectivity index (χ0n) is 11.2. The van der Waals surface area contributed by atoms with Crippen LogP contribution < -0.4 is 10.5 Å². The molecule has 0 saturated heterocycles. The quantitative estimate of drug-likeness (QED) is 0.824. The standard InChI is InChI=1S/C14H23NO2/c1-10-5-6-11(2)13(12(10)3)17-8-7-14(4,15)9-16/h5-6,16H,7-9,15H2,1-4H3. The summed E-state index contributed by atoms with van der Waals surface area (Å²) >= 11 is 0. The highest BCUT2D eigenvalue weighted by atomic mass is 16.5. The van der Waals surface area contributed by atoms with Crippen LogP contribution >= 0.6 is 0 Å². The number of aryl methyl sites for hydroxylation is 2. The SMILES string of the molecule is Cc1ccc(C)c(OCCC(C)(N)CO)c1C. The summed E-state index contributed by atoms with van der Waals surface area (Å²) in [7, 11) is 0. The van der Waals surface area contributed by atoms with Crippen molar-refractivity contribution in [1.29, 1.82) is 0 Å². The van der Waals surface area contributed by atoms with Crippen molar-refractivity contribution in [3.05, 3.63) is 28.8 Å². The van der Waals surface area contributed by atoms with Crippen LogP contribution in [0.4, 0.5) is 0 Å². The lowest BCUT2D eigenvalue weighted by molar-refractivity contribution is 0.174. The van der Waals surface area contributed by atoms with E-state index in [9.17, 15) is 0 Å². The number of rotatable bonds is 5. The maximum atomic E-state index is 9.06. The first-order valence-electron chi connectivity index (χ1n) is 5.97. The second-order valence-corrected chi connectivity index (χ2v) is 5.06. The third-order valence-electron chi connectivity index (χ3n) is 3.15. The molecule has 0 fully saturated rings. The summed E-state index contributed by atoms with van der Waals surface area (Å²) in [5.74, 6) is 0.943. The van der Waals surface area contributed by atoms with E-state index in [0.29, 0.717) is 13.0 Å². The molecular weight excluding hydrogens is 214 g/mol. The van der Waals surface area contributed by atoms with Gasteiger partial charge in [0.25, 0.3) is 0 Å². The average molecular weight is 237 g/mol. The fourth-order valence-electron chi connectivity index (χ4n) is 1.61. The van der Waals surface area contributed by atoms with Crippen LogP contribution in [-0.4, -0.2) is 23.9 Å². The minimum atomic E-state index is -0.564. The summed E-state index contributed by atoms with van der Waals surface area (Å²) in [6, 6.07) is 4.16. The lowest BCUT2D eigenvalue weighted by Gasteiger charge is -2.22. The molecule has 3 nitrogen and oxygen atoms in total. The van der Waals surface area contributed by atoms with Gasteiger partial charge in [0.1, 0.15) is 5.75 Å². The van der Waals surface area contributed by atoms with Crippen molar-refractivity contribution >= 4 is 0 Å². The fraction of sp³-hybridized carbons (Fsp3) is 0.571. The number of aliphatic hydroxyl groups is 1. The van der Waals surface area contributed by atoms with E-state index in [2.05, 4.69) is 26.0 Å². The van der Waals surface area contributed by atoms with E-state index >= 15 is 0 Å². The second kappa shape index (κ2) is 5.52. The van der Waals surface area contributed by atoms with Crippen LogP contribution in [0.25, 0.3) is 0 Å². The predicted molar refractivity (Wildman–Crippen MR) is 70.4 cm³/mol. The lowest BCUT2D eigenvalue weighted by atomic mass is 10.0. The van der Waals surface area contributed by atoms with Crippen LogP contribution in [0.1, 0.15) is 30.0 Å². The molecule has 0 amide bonds. The molecule has 1 rings (SSSR count). The summed E-state index contributed by atoms with van der Waals surface area (Å²) < 4.78 is 5.79. The van der Waals surface area contributed by atoms with Crippen molar-refractivity contribution in [1.82, 2.24) is 0 Å². The van der Waals surface area contributed by atoms with Crippen molar-refractivity contribution in [2.45, 2.75) is 39.7 Å². The molecule has 0 heterocycles. The van der Waals surface area contributed by atoms with Gasteiger partial charge in [0.05, 0.1) is 13.2 Å². The van der Waals surface area contributed by atoms with Crippen LogP contribution in [0.15, 0.2) is 12.1 Å². The molecule has 0 radical (unpaired) electrons. The van der Waals surface area contributed by atoms with Gasteiger partial charge < -0.3 is 15.6 Å². The monoisotopic (exact) mass is 237 g/mol. The Morgan fingerprint density at radius 3 is 2.41 bits per heavy atom. The summed E-state index contributed by atoms with van der Waals surface area (Å²) in [6.07, 6.45) is 0.635. The van der Waals surface area contributed by atoms with Gasteiger partial charge in [-0.3, -0.25) is 0 Å². The van der Waals surface area contributed by atoms with Crippen LogP contribution in [0.2, 0.25) is 0 Å². The van der Waals surface area contributed by atoms with Crippen LogP contribution in [0, 0.1) is 20.8 Å². The summed E-state index contributed by atoms with van der Waals surface area (Å²) in [4.78, 5) is 0. The number of hydrogen-bond acceptors (Lipinski definition) is 3. The normalized spacial score (nSPS) is 14.5. The van der Waals surface area contributed by atoms with Crippen molar-refractivity contribution in [3.63, 3.8) is 0 Å². The number of benzene rings is 1. The molecule has 0 aliphatic carbocycles. The van der Waals surface area contributed by atoms with Crippen molar-refractivity contribution in [2.24, 2.45) is 5.73 Å². The molecule has 96 valence electrons. The second-order valence-electron chi connectivity index (χ2n) is 5.06. The molecule has 1 aromatic rings. The third-order valence-corrected chi connectivity index (χ3v) is 3.15. The van der Waals surface area contributed by atoms with E-state index in [1.807, 2.05) is 13.8 Å². The largest absolute Gasteiger partial charge is 0.493 e. The zero-order valence-corrected chi connectivity index (χ0v) is 11.2. The Kier molecular flexibility index (Phi) is 4.54. The third kappa shape index (κ3) is 3.72. The lowest BCUT2D eigenvalue weighted by Crippen LogP contribution is -2.41. The Morgan fingerprint density at radius 2 is 1.82 bits per heavy atom. The van der Waals surface area contributed by atoms with Gasteiger partial charge in [0, 0.05) is 12.0 Å². The molecule has 0 spiro atoms. The highest BCUT2D eigenvalue weighted by molar-refractivity contribution is 5.44. The smallest absolute Gasteiger partial charge is 0.125 e. The maximum absolute atomic E-state index is 9.06. The summed E-state index contributed by atoms with van der Waals surface area (Å²) in [5, 5.41) is 9.06. The molecule has 1 aromatic carbocycles. The molecule has 3 N–H and O–H groups in total. The first-order valence-corrected chi connectivity index (χ1v) is 5.97. The maximum Gasteiger partial charge on any atom is 0.125 e. The minimum Gasteiger partial charge on any atom is -0.493 e. The van der Waals surface area contributed by atoms with Crippen molar-refractivity contribution in [3.8, 4) is 5.75 Å². The van der Waals surface area contributed by atoms with Gasteiger partial charge in [-0.1, -0.05) is 12.1 Å². The number of aliphatic hydroxyl groups excluding tert-OH is 1. The summed E-state index contributed by atoms with van der Waals surface area (Å²) in [5.41, 5.74) is 8.83. The van der Waals surface area contributed by atoms with Crippen LogP contribution in [0.3, 0.4) is 0 Å². The molecule has 0 aliphatic rings. The molecule has 0 bridgehead atoms. The minimum absolute atomic E-state index is 0.0257. The average Bonchev–Trinajstić information content (AvgIpc) is 2.28. The molecule has 1 atom stereocenters. The van der Waals surface area contributed by atoms with E-state index in [1.165, 1.54) is 11.1 Å². The Labute approximate surface area is 104 Å². The van der Waals surface area contributed by atoms with E-state index in [-0.39, 0.29) is 6.61 Å². The van der Waals surface area contributed by atoms with E-state index in [4.69, 9.17) is 15.6 Å². The molecular formula is C14H23NO2. The van der Waals surface area contributed by atoms with Gasteiger partial charge in [-0.2, -0.15) is 0 Å². The van der Waals surface area contributed by atoms with Gasteiger partial charge in [-0.25, -0.2) is 0 Å². The van der Waals surface area contributed by atoms with Crippen LogP contribution in [0.5, 0.6) is 5.75 Å². The number of ether oxygens (including phenoxy) is 1. The number of nitrogens with two attached hydrogens (primary N) is 1. The molecule has 3 heteroatoms. The van der Waals surface area contributed by atoms with Gasteiger partial charge in [0.15, 0.2) is 0 Å². The van der Waals surface area contributed by atoms with Gasteiger partial charge in [-0.05, 0) is 44.4 Å². The molecule has 17 heavy (non-hydrogen) atoms. The van der Waals surface area contributed by atoms with Gasteiger partial charge in [0.2, 0.25) is 0 Å².